The van der Waals surface area contributed by atoms with Crippen LogP contribution in [-0.4, -0.2) is 23.7 Å². The van der Waals surface area contributed by atoms with Crippen molar-refractivity contribution in [3.8, 4) is 0 Å². The number of carbonyl (C=O) groups excluding carboxylic acids is 1. The molecule has 0 spiro atoms. The molecule has 0 radical (unpaired) electrons. The van der Waals surface area contributed by atoms with Crippen LogP contribution >= 0.6 is 15.9 Å². The highest BCUT2D eigenvalue weighted by molar-refractivity contribution is 9.10. The number of nitrogens with one attached hydrogen (secondary N) is 1. The fourth-order valence-corrected chi connectivity index (χ4v) is 1.38. The van der Waals surface area contributed by atoms with Gasteiger partial charge in [-0.15, -0.1) is 0 Å². The molecule has 1 amide bonds. The Hall–Kier alpha value is -0.940. The lowest BCUT2D eigenvalue weighted by Crippen LogP contribution is -2.31. The zero-order chi connectivity index (χ0) is 11.4. The van der Waals surface area contributed by atoms with Gasteiger partial charge in [-0.2, -0.15) is 0 Å². The van der Waals surface area contributed by atoms with E-state index in [4.69, 9.17) is 5.11 Å². The summed E-state index contributed by atoms with van der Waals surface area (Å²) < 4.78 is 13.6. The largest absolute Gasteiger partial charge is 0.392 e. The van der Waals surface area contributed by atoms with Gasteiger partial charge in [-0.3, -0.25) is 4.79 Å². The lowest BCUT2D eigenvalue weighted by Gasteiger charge is -2.08. The SMILES string of the molecule is C[C@@H](O)CNC(=O)c1cccc(Br)c1F. The highest BCUT2D eigenvalue weighted by Crippen LogP contribution is 2.18. The molecule has 0 aliphatic carbocycles. The van der Waals surface area contributed by atoms with E-state index < -0.39 is 17.8 Å². The van der Waals surface area contributed by atoms with Gasteiger partial charge in [-0.1, -0.05) is 6.07 Å². The van der Waals surface area contributed by atoms with Crippen molar-refractivity contribution in [3.05, 3.63) is 34.1 Å². The molecule has 82 valence electrons. The van der Waals surface area contributed by atoms with Crippen LogP contribution < -0.4 is 5.32 Å². The van der Waals surface area contributed by atoms with Crippen molar-refractivity contribution in [3.63, 3.8) is 0 Å². The van der Waals surface area contributed by atoms with Crippen molar-refractivity contribution >= 4 is 21.8 Å². The van der Waals surface area contributed by atoms with Gasteiger partial charge in [0.25, 0.3) is 5.91 Å². The van der Waals surface area contributed by atoms with Crippen LogP contribution in [0, 0.1) is 5.82 Å². The van der Waals surface area contributed by atoms with Gasteiger partial charge in [0.05, 0.1) is 16.1 Å². The van der Waals surface area contributed by atoms with Crippen molar-refractivity contribution in [2.75, 3.05) is 6.54 Å². The summed E-state index contributed by atoms with van der Waals surface area (Å²) >= 11 is 2.99. The van der Waals surface area contributed by atoms with Gasteiger partial charge in [-0.25, -0.2) is 4.39 Å². The van der Waals surface area contributed by atoms with Crippen molar-refractivity contribution in [2.24, 2.45) is 0 Å². The monoisotopic (exact) mass is 275 g/mol. The van der Waals surface area contributed by atoms with E-state index in [2.05, 4.69) is 21.2 Å². The van der Waals surface area contributed by atoms with E-state index >= 15 is 0 Å². The molecule has 2 N–H and O–H groups in total. The molecule has 1 aromatic rings. The third-order valence-electron chi connectivity index (χ3n) is 1.75. The second-order valence-corrected chi connectivity index (χ2v) is 4.01. The maximum Gasteiger partial charge on any atom is 0.254 e. The fourth-order valence-electron chi connectivity index (χ4n) is 1.01. The number of hydrogen-bond donors (Lipinski definition) is 2. The summed E-state index contributed by atoms with van der Waals surface area (Å²) in [7, 11) is 0. The van der Waals surface area contributed by atoms with E-state index in [1.807, 2.05) is 0 Å². The fraction of sp³-hybridized carbons (Fsp3) is 0.300. The molecule has 3 nitrogen and oxygen atoms in total. The summed E-state index contributed by atoms with van der Waals surface area (Å²) in [5, 5.41) is 11.4. The molecule has 1 rings (SSSR count). The summed E-state index contributed by atoms with van der Waals surface area (Å²) in [5.41, 5.74) is -0.0370. The molecule has 5 heteroatoms. The predicted octanol–water partition coefficient (Wildman–Crippen LogP) is 1.70. The first-order valence-electron chi connectivity index (χ1n) is 4.42. The van der Waals surface area contributed by atoms with E-state index in [0.717, 1.165) is 0 Å². The van der Waals surface area contributed by atoms with Crippen molar-refractivity contribution in [2.45, 2.75) is 13.0 Å². The average Bonchev–Trinajstić information content (AvgIpc) is 2.18. The minimum Gasteiger partial charge on any atom is -0.392 e. The summed E-state index contributed by atoms with van der Waals surface area (Å²) in [6.45, 7) is 1.64. The number of aliphatic hydroxyl groups is 1. The molecule has 0 saturated heterocycles. The van der Waals surface area contributed by atoms with Crippen LogP contribution in [0.25, 0.3) is 0 Å². The van der Waals surface area contributed by atoms with E-state index in [1.54, 1.807) is 6.07 Å². The third-order valence-corrected chi connectivity index (χ3v) is 2.37. The van der Waals surface area contributed by atoms with Crippen LogP contribution in [0.5, 0.6) is 0 Å². The Bertz CT molecular complexity index is 368. The van der Waals surface area contributed by atoms with Gasteiger partial charge in [0.15, 0.2) is 0 Å². The summed E-state index contributed by atoms with van der Waals surface area (Å²) in [5.74, 6) is -1.13. The Morgan fingerprint density at radius 1 is 1.67 bits per heavy atom. The van der Waals surface area contributed by atoms with Gasteiger partial charge >= 0.3 is 0 Å². The molecule has 0 unspecified atom stereocenters. The first-order chi connectivity index (χ1) is 7.02. The molecule has 0 bridgehead atoms. The lowest BCUT2D eigenvalue weighted by molar-refractivity contribution is 0.0920. The molecule has 1 aromatic carbocycles. The molecule has 0 aliphatic rings. The van der Waals surface area contributed by atoms with E-state index in [-0.39, 0.29) is 16.6 Å². The zero-order valence-electron chi connectivity index (χ0n) is 8.13. The number of amides is 1. The minimum absolute atomic E-state index is 0.0370. The van der Waals surface area contributed by atoms with Crippen LogP contribution in [0.3, 0.4) is 0 Å². The highest BCUT2D eigenvalue weighted by atomic mass is 79.9. The number of benzene rings is 1. The number of rotatable bonds is 3. The smallest absolute Gasteiger partial charge is 0.254 e. The molecular formula is C10H11BrFNO2. The Kier molecular flexibility index (Phi) is 4.23. The molecule has 0 aromatic heterocycles. The van der Waals surface area contributed by atoms with E-state index in [0.29, 0.717) is 0 Å². The maximum atomic E-state index is 13.4. The molecule has 0 aliphatic heterocycles. The van der Waals surface area contributed by atoms with Crippen molar-refractivity contribution in [1.29, 1.82) is 0 Å². The topological polar surface area (TPSA) is 49.3 Å². The minimum atomic E-state index is -0.649. The lowest BCUT2D eigenvalue weighted by atomic mass is 10.2. The molecule has 0 heterocycles. The van der Waals surface area contributed by atoms with Gasteiger partial charge in [0.2, 0.25) is 0 Å². The normalized spacial score (nSPS) is 12.3. The molecule has 0 fully saturated rings. The second-order valence-electron chi connectivity index (χ2n) is 3.16. The van der Waals surface area contributed by atoms with Crippen LogP contribution in [0.1, 0.15) is 17.3 Å². The Labute approximate surface area is 95.4 Å². The maximum absolute atomic E-state index is 13.4. The van der Waals surface area contributed by atoms with Crippen LogP contribution in [0.15, 0.2) is 22.7 Å². The van der Waals surface area contributed by atoms with Crippen LogP contribution in [0.4, 0.5) is 4.39 Å². The first kappa shape index (κ1) is 12.1. The number of carbonyl (C=O) groups is 1. The van der Waals surface area contributed by atoms with E-state index in [9.17, 15) is 9.18 Å². The molecular weight excluding hydrogens is 265 g/mol. The van der Waals surface area contributed by atoms with Crippen molar-refractivity contribution < 1.29 is 14.3 Å². The number of halogens is 2. The standard InChI is InChI=1S/C10H11BrFNO2/c1-6(14)5-13-10(15)7-3-2-4-8(11)9(7)12/h2-4,6,14H,5H2,1H3,(H,13,15)/t6-/m1/s1. The second kappa shape index (κ2) is 5.23. The van der Waals surface area contributed by atoms with Crippen LogP contribution in [0.2, 0.25) is 0 Å². The number of aliphatic hydroxyl groups excluding tert-OH is 1. The number of hydrogen-bond acceptors (Lipinski definition) is 2. The summed E-state index contributed by atoms with van der Waals surface area (Å²) in [6, 6.07) is 4.47. The van der Waals surface area contributed by atoms with Crippen LogP contribution in [-0.2, 0) is 0 Å². The van der Waals surface area contributed by atoms with Gasteiger partial charge in [0.1, 0.15) is 5.82 Å². The average molecular weight is 276 g/mol. The summed E-state index contributed by atoms with van der Waals surface area (Å²) in [6.07, 6.45) is -0.649. The van der Waals surface area contributed by atoms with E-state index in [1.165, 1.54) is 19.1 Å². The van der Waals surface area contributed by atoms with Crippen molar-refractivity contribution in [1.82, 2.24) is 5.32 Å². The highest BCUT2D eigenvalue weighted by Gasteiger charge is 2.13. The molecule has 1 atom stereocenters. The van der Waals surface area contributed by atoms with Gasteiger partial charge in [0, 0.05) is 6.54 Å². The third kappa shape index (κ3) is 3.28. The Morgan fingerprint density at radius 2 is 2.33 bits per heavy atom. The van der Waals surface area contributed by atoms with Gasteiger partial charge < -0.3 is 10.4 Å². The quantitative estimate of drug-likeness (QED) is 0.882. The van der Waals surface area contributed by atoms with Gasteiger partial charge in [-0.05, 0) is 35.0 Å². The molecule has 0 saturated carbocycles. The Balaban J connectivity index is 2.78. The Morgan fingerprint density at radius 3 is 2.93 bits per heavy atom. The zero-order valence-corrected chi connectivity index (χ0v) is 9.71. The first-order valence-corrected chi connectivity index (χ1v) is 5.22. The predicted molar refractivity (Wildman–Crippen MR) is 58.1 cm³/mol. The molecule has 15 heavy (non-hydrogen) atoms. The summed E-state index contributed by atoms with van der Waals surface area (Å²) in [4.78, 5) is 11.4.